The van der Waals surface area contributed by atoms with Crippen LogP contribution in [0.5, 0.6) is 0 Å². The van der Waals surface area contributed by atoms with Crippen molar-refractivity contribution in [3.8, 4) is 0 Å². The molecular formula is C12H13ClF3N5. The number of nitrogens with zero attached hydrogens (tertiary/aromatic N) is 4. The summed E-state index contributed by atoms with van der Waals surface area (Å²) in [4.78, 5) is 10.5. The Hall–Kier alpha value is -1.83. The highest BCUT2D eigenvalue weighted by atomic mass is 35.5. The average Bonchev–Trinajstić information content (AvgIpc) is 2.90. The normalized spacial score (nSPS) is 11.6. The lowest BCUT2D eigenvalue weighted by Gasteiger charge is -2.09. The van der Waals surface area contributed by atoms with E-state index in [1.54, 1.807) is 12.5 Å². The van der Waals surface area contributed by atoms with Gasteiger partial charge in [0.2, 0.25) is 5.82 Å². The fourth-order valence-electron chi connectivity index (χ4n) is 1.69. The van der Waals surface area contributed by atoms with Gasteiger partial charge in [0, 0.05) is 31.5 Å². The van der Waals surface area contributed by atoms with Gasteiger partial charge in [-0.05, 0) is 12.8 Å². The lowest BCUT2D eigenvalue weighted by Crippen LogP contribution is -2.13. The first-order valence-electron chi connectivity index (χ1n) is 6.26. The minimum Gasteiger partial charge on any atom is -0.370 e. The number of nitrogens with one attached hydrogen (secondary N) is 1. The Morgan fingerprint density at radius 2 is 2.05 bits per heavy atom. The minimum absolute atomic E-state index is 0.0740. The second-order valence-corrected chi connectivity index (χ2v) is 4.72. The van der Waals surface area contributed by atoms with Gasteiger partial charge in [-0.15, -0.1) is 0 Å². The van der Waals surface area contributed by atoms with Gasteiger partial charge in [-0.25, -0.2) is 15.0 Å². The quantitative estimate of drug-likeness (QED) is 0.656. The van der Waals surface area contributed by atoms with Gasteiger partial charge in [-0.1, -0.05) is 11.6 Å². The SMILES string of the molecule is FC(F)(F)c1nc(Cl)cc(NCCCCn2ccnc2)n1. The molecule has 0 atom stereocenters. The summed E-state index contributed by atoms with van der Waals surface area (Å²) in [7, 11) is 0. The number of hydrogen-bond acceptors (Lipinski definition) is 4. The zero-order valence-electron chi connectivity index (χ0n) is 10.9. The van der Waals surface area contributed by atoms with Gasteiger partial charge in [0.15, 0.2) is 0 Å². The second-order valence-electron chi connectivity index (χ2n) is 4.33. The third-order valence-electron chi connectivity index (χ3n) is 2.66. The standard InChI is InChI=1S/C12H13ClF3N5/c13-9-7-10(20-11(19-9)12(14,15)16)18-3-1-2-5-21-6-4-17-8-21/h4,6-8H,1-3,5H2,(H,18,19,20). The summed E-state index contributed by atoms with van der Waals surface area (Å²) in [6, 6.07) is 1.27. The molecule has 2 rings (SSSR count). The highest BCUT2D eigenvalue weighted by Crippen LogP contribution is 2.28. The van der Waals surface area contributed by atoms with Gasteiger partial charge in [-0.2, -0.15) is 13.2 Å². The van der Waals surface area contributed by atoms with E-state index in [0.29, 0.717) is 6.54 Å². The van der Waals surface area contributed by atoms with E-state index in [4.69, 9.17) is 11.6 Å². The van der Waals surface area contributed by atoms with Crippen molar-refractivity contribution in [2.24, 2.45) is 0 Å². The number of rotatable bonds is 6. The molecule has 5 nitrogen and oxygen atoms in total. The maximum atomic E-state index is 12.5. The maximum absolute atomic E-state index is 12.5. The van der Waals surface area contributed by atoms with E-state index >= 15 is 0 Å². The van der Waals surface area contributed by atoms with Crippen LogP contribution in [-0.2, 0) is 12.7 Å². The van der Waals surface area contributed by atoms with Crippen LogP contribution >= 0.6 is 11.6 Å². The summed E-state index contributed by atoms with van der Waals surface area (Å²) in [6.45, 7) is 1.30. The first kappa shape index (κ1) is 15.6. The molecule has 114 valence electrons. The van der Waals surface area contributed by atoms with Crippen LogP contribution in [0.4, 0.5) is 19.0 Å². The van der Waals surface area contributed by atoms with E-state index in [1.165, 1.54) is 6.07 Å². The van der Waals surface area contributed by atoms with Gasteiger partial charge in [0.1, 0.15) is 11.0 Å². The van der Waals surface area contributed by atoms with Crippen molar-refractivity contribution < 1.29 is 13.2 Å². The number of unbranched alkanes of at least 4 members (excludes halogenated alkanes) is 1. The van der Waals surface area contributed by atoms with Crippen LogP contribution in [0.3, 0.4) is 0 Å². The van der Waals surface area contributed by atoms with Crippen LogP contribution in [0, 0.1) is 0 Å². The van der Waals surface area contributed by atoms with E-state index in [1.807, 2.05) is 10.8 Å². The van der Waals surface area contributed by atoms with E-state index in [9.17, 15) is 13.2 Å². The highest BCUT2D eigenvalue weighted by Gasteiger charge is 2.35. The predicted molar refractivity (Wildman–Crippen MR) is 72.0 cm³/mol. The Labute approximate surface area is 124 Å². The number of imidazole rings is 1. The van der Waals surface area contributed by atoms with Gasteiger partial charge in [0.05, 0.1) is 6.33 Å². The van der Waals surface area contributed by atoms with Crippen LogP contribution in [0.2, 0.25) is 5.15 Å². The second kappa shape index (κ2) is 6.75. The first-order valence-corrected chi connectivity index (χ1v) is 6.64. The van der Waals surface area contributed by atoms with Gasteiger partial charge < -0.3 is 9.88 Å². The largest absolute Gasteiger partial charge is 0.451 e. The van der Waals surface area contributed by atoms with Crippen molar-refractivity contribution in [1.82, 2.24) is 19.5 Å². The van der Waals surface area contributed by atoms with Gasteiger partial charge in [-0.3, -0.25) is 0 Å². The van der Waals surface area contributed by atoms with E-state index in [0.717, 1.165) is 19.4 Å². The monoisotopic (exact) mass is 319 g/mol. The van der Waals surface area contributed by atoms with E-state index in [2.05, 4.69) is 20.3 Å². The number of aryl methyl sites for hydroxylation is 1. The molecule has 0 aliphatic carbocycles. The topological polar surface area (TPSA) is 55.6 Å². The van der Waals surface area contributed by atoms with Crippen LogP contribution in [-0.4, -0.2) is 26.1 Å². The molecule has 0 aliphatic heterocycles. The van der Waals surface area contributed by atoms with Crippen molar-refractivity contribution in [3.05, 3.63) is 35.8 Å². The van der Waals surface area contributed by atoms with Crippen LogP contribution in [0.1, 0.15) is 18.7 Å². The molecule has 2 aromatic rings. The summed E-state index contributed by atoms with van der Waals surface area (Å²) < 4.78 is 39.5. The smallest absolute Gasteiger partial charge is 0.370 e. The molecular weight excluding hydrogens is 307 g/mol. The number of hydrogen-bond donors (Lipinski definition) is 1. The van der Waals surface area contributed by atoms with Crippen molar-refractivity contribution in [2.75, 3.05) is 11.9 Å². The van der Waals surface area contributed by atoms with Crippen molar-refractivity contribution >= 4 is 17.4 Å². The zero-order chi connectivity index (χ0) is 15.3. The summed E-state index contributed by atoms with van der Waals surface area (Å²) in [6.07, 6.45) is 2.30. The molecule has 1 N–H and O–H groups in total. The van der Waals surface area contributed by atoms with Gasteiger partial charge >= 0.3 is 6.18 Å². The fourth-order valence-corrected chi connectivity index (χ4v) is 1.87. The Balaban J connectivity index is 1.81. The van der Waals surface area contributed by atoms with Gasteiger partial charge in [0.25, 0.3) is 0 Å². The minimum atomic E-state index is -4.61. The molecule has 0 aliphatic rings. The van der Waals surface area contributed by atoms with E-state index in [-0.39, 0.29) is 11.0 Å². The Morgan fingerprint density at radius 1 is 1.24 bits per heavy atom. The molecule has 0 spiro atoms. The highest BCUT2D eigenvalue weighted by molar-refractivity contribution is 6.29. The molecule has 0 fully saturated rings. The number of aromatic nitrogens is 4. The molecule has 0 unspecified atom stereocenters. The molecule has 0 bridgehead atoms. The fraction of sp³-hybridized carbons (Fsp3) is 0.417. The van der Waals surface area contributed by atoms with E-state index < -0.39 is 12.0 Å². The summed E-state index contributed by atoms with van der Waals surface area (Å²) >= 11 is 5.56. The summed E-state index contributed by atoms with van der Waals surface area (Å²) in [5.41, 5.74) is 0. The van der Waals surface area contributed by atoms with Crippen LogP contribution in [0.25, 0.3) is 0 Å². The Kier molecular flexibility index (Phi) is 5.00. The molecule has 9 heteroatoms. The lowest BCUT2D eigenvalue weighted by molar-refractivity contribution is -0.144. The molecule has 2 heterocycles. The molecule has 0 aromatic carbocycles. The predicted octanol–water partition coefficient (Wildman–Crippen LogP) is 3.24. The molecule has 21 heavy (non-hydrogen) atoms. The first-order chi connectivity index (χ1) is 9.95. The van der Waals surface area contributed by atoms with Crippen molar-refractivity contribution in [2.45, 2.75) is 25.6 Å². The molecule has 0 saturated heterocycles. The third-order valence-corrected chi connectivity index (χ3v) is 2.85. The number of alkyl halides is 3. The van der Waals surface area contributed by atoms with Crippen molar-refractivity contribution in [1.29, 1.82) is 0 Å². The van der Waals surface area contributed by atoms with Crippen LogP contribution < -0.4 is 5.32 Å². The number of halogens is 4. The maximum Gasteiger partial charge on any atom is 0.451 e. The van der Waals surface area contributed by atoms with Crippen LogP contribution in [0.15, 0.2) is 24.8 Å². The Bertz CT molecular complexity index is 571. The lowest BCUT2D eigenvalue weighted by atomic mass is 10.3. The number of anilines is 1. The average molecular weight is 320 g/mol. The van der Waals surface area contributed by atoms with Crippen molar-refractivity contribution in [3.63, 3.8) is 0 Å². The molecule has 0 amide bonds. The molecule has 0 saturated carbocycles. The Morgan fingerprint density at radius 3 is 2.71 bits per heavy atom. The molecule has 2 aromatic heterocycles. The zero-order valence-corrected chi connectivity index (χ0v) is 11.7. The summed E-state index contributed by atoms with van der Waals surface area (Å²) in [5, 5.41) is 2.58. The third kappa shape index (κ3) is 4.89. The summed E-state index contributed by atoms with van der Waals surface area (Å²) in [5.74, 6) is -1.17. The molecule has 0 radical (unpaired) electrons.